The van der Waals surface area contributed by atoms with Crippen molar-refractivity contribution in [2.24, 2.45) is 17.3 Å². The molecule has 5 heteroatoms. The van der Waals surface area contributed by atoms with Crippen LogP contribution in [0.2, 0.25) is 0 Å². The summed E-state index contributed by atoms with van der Waals surface area (Å²) in [5, 5.41) is 0. The minimum absolute atomic E-state index is 0.0241. The van der Waals surface area contributed by atoms with E-state index in [1.54, 1.807) is 26.0 Å². The highest BCUT2D eigenvalue weighted by molar-refractivity contribution is 5.88. The summed E-state index contributed by atoms with van der Waals surface area (Å²) in [5.74, 6) is 0.642. The first-order valence-corrected chi connectivity index (χ1v) is 10.9. The molecule has 5 nitrogen and oxygen atoms in total. The van der Waals surface area contributed by atoms with Crippen molar-refractivity contribution in [2.75, 3.05) is 0 Å². The largest absolute Gasteiger partial charge is 0.469 e. The molecule has 0 aliphatic heterocycles. The fourth-order valence-corrected chi connectivity index (χ4v) is 4.89. The van der Waals surface area contributed by atoms with Crippen molar-refractivity contribution < 1.29 is 23.5 Å². The molecule has 0 amide bonds. The molecule has 0 spiro atoms. The molecule has 0 N–H and O–H groups in total. The van der Waals surface area contributed by atoms with Gasteiger partial charge in [0.15, 0.2) is 0 Å². The van der Waals surface area contributed by atoms with Crippen LogP contribution in [0, 0.1) is 24.2 Å². The van der Waals surface area contributed by atoms with Crippen molar-refractivity contribution in [3.05, 3.63) is 46.4 Å². The number of carbonyl (C=O) groups is 2. The molecule has 0 aromatic carbocycles. The summed E-state index contributed by atoms with van der Waals surface area (Å²) in [5.41, 5.74) is 3.48. The molecule has 0 unspecified atom stereocenters. The van der Waals surface area contributed by atoms with Crippen LogP contribution < -0.4 is 0 Å². The second-order valence-corrected chi connectivity index (χ2v) is 9.19. The lowest BCUT2D eigenvalue weighted by Gasteiger charge is -2.53. The van der Waals surface area contributed by atoms with E-state index in [1.165, 1.54) is 11.1 Å². The fourth-order valence-electron chi connectivity index (χ4n) is 4.89. The Morgan fingerprint density at radius 1 is 1.13 bits per heavy atom. The van der Waals surface area contributed by atoms with Crippen molar-refractivity contribution in [1.29, 1.82) is 0 Å². The molecule has 2 aliphatic carbocycles. The molecule has 3 rings (SSSR count). The molecule has 1 fully saturated rings. The molecule has 1 aromatic heterocycles. The van der Waals surface area contributed by atoms with Gasteiger partial charge in [0, 0.05) is 23.5 Å². The average molecular weight is 415 g/mol. The van der Waals surface area contributed by atoms with Crippen LogP contribution in [0.4, 0.5) is 0 Å². The van der Waals surface area contributed by atoms with Crippen LogP contribution in [-0.2, 0) is 31.9 Å². The van der Waals surface area contributed by atoms with E-state index < -0.39 is 12.2 Å². The van der Waals surface area contributed by atoms with Gasteiger partial charge in [-0.3, -0.25) is 0 Å². The minimum Gasteiger partial charge on any atom is -0.469 e. The smallest absolute Gasteiger partial charge is 0.333 e. The third-order valence-electron chi connectivity index (χ3n) is 7.54. The van der Waals surface area contributed by atoms with Gasteiger partial charge in [-0.25, -0.2) is 9.59 Å². The van der Waals surface area contributed by atoms with E-state index in [2.05, 4.69) is 20.8 Å². The van der Waals surface area contributed by atoms with Crippen molar-refractivity contribution in [2.45, 2.75) is 79.9 Å². The first kappa shape index (κ1) is 22.4. The zero-order valence-electron chi connectivity index (χ0n) is 19.2. The van der Waals surface area contributed by atoms with Crippen LogP contribution in [0.25, 0.3) is 0 Å². The van der Waals surface area contributed by atoms with Gasteiger partial charge < -0.3 is 13.9 Å². The Labute approximate surface area is 179 Å². The number of hydrogen-bond donors (Lipinski definition) is 0. The molecule has 164 valence electrons. The van der Waals surface area contributed by atoms with Gasteiger partial charge >= 0.3 is 11.9 Å². The molecule has 5 atom stereocenters. The Hall–Kier alpha value is -2.30. The summed E-state index contributed by atoms with van der Waals surface area (Å²) in [6, 6.07) is 0. The number of rotatable bonds is 4. The van der Waals surface area contributed by atoms with E-state index in [0.717, 1.165) is 18.6 Å². The van der Waals surface area contributed by atoms with E-state index in [-0.39, 0.29) is 29.2 Å². The number of allylic oxidation sites excluding steroid dienone is 2. The average Bonchev–Trinajstić information content (AvgIpc) is 3.07. The van der Waals surface area contributed by atoms with Crippen molar-refractivity contribution >= 4 is 11.9 Å². The van der Waals surface area contributed by atoms with E-state index in [4.69, 9.17) is 13.9 Å². The van der Waals surface area contributed by atoms with Gasteiger partial charge in [0.25, 0.3) is 0 Å². The lowest BCUT2D eigenvalue weighted by Crippen LogP contribution is -2.57. The summed E-state index contributed by atoms with van der Waals surface area (Å²) in [6.07, 6.45) is 6.68. The number of carbonyl (C=O) groups excluding carboxylic acids is 2. The third kappa shape index (κ3) is 3.86. The van der Waals surface area contributed by atoms with Crippen LogP contribution in [0.3, 0.4) is 0 Å². The lowest BCUT2D eigenvalue weighted by atomic mass is 9.54. The monoisotopic (exact) mass is 414 g/mol. The number of ether oxygens (including phenoxy) is 2. The highest BCUT2D eigenvalue weighted by Gasteiger charge is 2.55. The van der Waals surface area contributed by atoms with Gasteiger partial charge in [0.05, 0.1) is 6.26 Å². The Bertz CT molecular complexity index is 889. The zero-order valence-corrected chi connectivity index (χ0v) is 19.2. The summed E-state index contributed by atoms with van der Waals surface area (Å²) < 4.78 is 17.7. The number of hydrogen-bond acceptors (Lipinski definition) is 5. The normalized spacial score (nSPS) is 31.6. The maximum absolute atomic E-state index is 12.6. The molecular weight excluding hydrogens is 380 g/mol. The Kier molecular flexibility index (Phi) is 6.30. The topological polar surface area (TPSA) is 65.7 Å². The second kappa shape index (κ2) is 8.44. The minimum atomic E-state index is -0.490. The molecule has 0 saturated heterocycles. The number of aryl methyl sites for hydroxylation is 1. The molecule has 1 saturated carbocycles. The van der Waals surface area contributed by atoms with Crippen molar-refractivity contribution in [1.82, 2.24) is 0 Å². The Morgan fingerprint density at radius 2 is 1.73 bits per heavy atom. The lowest BCUT2D eigenvalue weighted by molar-refractivity contribution is -0.188. The predicted octanol–water partition coefficient (Wildman–Crippen LogP) is 5.10. The summed E-state index contributed by atoms with van der Waals surface area (Å²) in [6.45, 7) is 13.6. The molecule has 1 heterocycles. The SMILES string of the molecule is C/C=C(/C)C(=O)O[C@@H]1[C@@H](OC(=O)/C(C)=C\C)C[C@H]2Cc3occ(C)c3C[C@]2(C)[C@H]1C. The second-order valence-electron chi connectivity index (χ2n) is 9.19. The van der Waals surface area contributed by atoms with Gasteiger partial charge in [-0.2, -0.15) is 0 Å². The van der Waals surface area contributed by atoms with E-state index in [0.29, 0.717) is 17.6 Å². The molecule has 2 aliphatic rings. The zero-order chi connectivity index (χ0) is 22.2. The Balaban J connectivity index is 1.95. The summed E-state index contributed by atoms with van der Waals surface area (Å²) >= 11 is 0. The van der Waals surface area contributed by atoms with Crippen LogP contribution >= 0.6 is 0 Å². The molecule has 1 aromatic rings. The molecule has 30 heavy (non-hydrogen) atoms. The summed E-state index contributed by atoms with van der Waals surface area (Å²) in [4.78, 5) is 25.2. The van der Waals surface area contributed by atoms with E-state index in [1.807, 2.05) is 20.1 Å². The van der Waals surface area contributed by atoms with Gasteiger partial charge in [-0.15, -0.1) is 0 Å². The quantitative estimate of drug-likeness (QED) is 0.506. The number of esters is 2. The first-order chi connectivity index (χ1) is 14.1. The molecule has 0 bridgehead atoms. The maximum Gasteiger partial charge on any atom is 0.333 e. The highest BCUT2D eigenvalue weighted by atomic mass is 16.6. The highest BCUT2D eigenvalue weighted by Crippen LogP contribution is 2.54. The van der Waals surface area contributed by atoms with Crippen LogP contribution in [0.15, 0.2) is 34.0 Å². The molecule has 0 radical (unpaired) electrons. The third-order valence-corrected chi connectivity index (χ3v) is 7.54. The van der Waals surface area contributed by atoms with Gasteiger partial charge in [0.2, 0.25) is 0 Å². The van der Waals surface area contributed by atoms with E-state index in [9.17, 15) is 9.59 Å². The van der Waals surface area contributed by atoms with Crippen LogP contribution in [-0.4, -0.2) is 24.1 Å². The van der Waals surface area contributed by atoms with Gasteiger partial charge in [-0.1, -0.05) is 26.0 Å². The van der Waals surface area contributed by atoms with Crippen LogP contribution in [0.1, 0.15) is 64.9 Å². The van der Waals surface area contributed by atoms with Crippen molar-refractivity contribution in [3.63, 3.8) is 0 Å². The maximum atomic E-state index is 12.6. The Morgan fingerprint density at radius 3 is 2.33 bits per heavy atom. The molecular formula is C25H34O5. The van der Waals surface area contributed by atoms with Crippen molar-refractivity contribution in [3.8, 4) is 0 Å². The van der Waals surface area contributed by atoms with Crippen LogP contribution in [0.5, 0.6) is 0 Å². The summed E-state index contributed by atoms with van der Waals surface area (Å²) in [7, 11) is 0. The van der Waals surface area contributed by atoms with E-state index >= 15 is 0 Å². The predicted molar refractivity (Wildman–Crippen MR) is 115 cm³/mol. The van der Waals surface area contributed by atoms with Gasteiger partial charge in [-0.05, 0) is 69.9 Å². The number of fused-ring (bicyclic) bond motifs is 2. The fraction of sp³-hybridized carbons (Fsp3) is 0.600. The first-order valence-electron chi connectivity index (χ1n) is 10.9. The number of furan rings is 1. The standard InChI is InChI=1S/C25H34O5/c1-8-14(3)23(26)29-21-11-18-10-20-19(16(5)13-28-20)12-25(18,7)17(6)22(21)30-24(27)15(4)9-2/h8-9,13,17-18,21-22H,10-12H2,1-7H3/b14-8-,15-9-/t17-,18+,21-,22-,25+/m0/s1. The van der Waals surface area contributed by atoms with Gasteiger partial charge in [0.1, 0.15) is 18.0 Å².